The first-order valence-corrected chi connectivity index (χ1v) is 2.19. The number of thiocarbonyl (C=S) groups is 1. The molecule has 0 radical (unpaired) electrons. The average molecular weight is 140 g/mol. The molecule has 0 aliphatic rings. The summed E-state index contributed by atoms with van der Waals surface area (Å²) in [6, 6.07) is 0. The Morgan fingerprint density at radius 1 is 1.43 bits per heavy atom. The summed E-state index contributed by atoms with van der Waals surface area (Å²) in [5, 5.41) is 0.000000000000000222. The third-order valence-electron chi connectivity index (χ3n) is 0. The third kappa shape index (κ3) is 283. The summed E-state index contributed by atoms with van der Waals surface area (Å²) in [7, 11) is 0. The van der Waals surface area contributed by atoms with E-state index in [0.29, 0.717) is 0 Å². The molecule has 0 aromatic heterocycles. The van der Waals surface area contributed by atoms with Gasteiger partial charge in [0.2, 0.25) is 0 Å². The fourth-order valence-electron chi connectivity index (χ4n) is 0. The van der Waals surface area contributed by atoms with Crippen LogP contribution in [0.2, 0.25) is 0 Å². The quantitative estimate of drug-likeness (QED) is 0.401. The molecule has 42 valence electrons. The summed E-state index contributed by atoms with van der Waals surface area (Å²) in [5.41, 5.74) is 9.24. The fourth-order valence-corrected chi connectivity index (χ4v) is 0. The highest BCUT2D eigenvalue weighted by atomic mass is 32.1. The molecule has 7 heavy (non-hydrogen) atoms. The highest BCUT2D eigenvalue weighted by Gasteiger charge is 1.53. The second kappa shape index (κ2) is 9.10. The molecule has 0 heterocycles. The Hall–Kier alpha value is -0.490. The van der Waals surface area contributed by atoms with Gasteiger partial charge in [-0.2, -0.15) is 8.42 Å². The second-order valence-corrected chi connectivity index (χ2v) is 1.08. The van der Waals surface area contributed by atoms with Gasteiger partial charge in [-0.15, -0.1) is 0 Å². The SMILES string of the molecule is NC(N)=S.O=S=O. The summed E-state index contributed by atoms with van der Waals surface area (Å²) in [6.07, 6.45) is 0. The molecule has 6 heteroatoms. The summed E-state index contributed by atoms with van der Waals surface area (Å²) in [6.45, 7) is 0. The predicted molar refractivity (Wildman–Crippen MR) is 29.9 cm³/mol. The van der Waals surface area contributed by atoms with Crippen molar-refractivity contribution in [3.63, 3.8) is 0 Å². The smallest absolute Gasteiger partial charge is 0.335 e. The van der Waals surface area contributed by atoms with Gasteiger partial charge in [-0.25, -0.2) is 0 Å². The maximum Gasteiger partial charge on any atom is 0.335 e. The van der Waals surface area contributed by atoms with E-state index in [4.69, 9.17) is 8.42 Å². The maximum absolute atomic E-state index is 8.29. The summed E-state index contributed by atoms with van der Waals surface area (Å²) in [4.78, 5) is 0. The Balaban J connectivity index is 0. The van der Waals surface area contributed by atoms with Crippen LogP contribution in [-0.2, 0) is 11.6 Å². The van der Waals surface area contributed by atoms with E-state index in [1.165, 1.54) is 0 Å². The first-order valence-electron chi connectivity index (χ1n) is 1.11. The number of hydrogen-bond donors (Lipinski definition) is 2. The van der Waals surface area contributed by atoms with Gasteiger partial charge in [0.15, 0.2) is 5.11 Å². The van der Waals surface area contributed by atoms with Gasteiger partial charge >= 0.3 is 11.6 Å². The van der Waals surface area contributed by atoms with Crippen LogP contribution in [0.4, 0.5) is 0 Å². The molecule has 0 amide bonds. The van der Waals surface area contributed by atoms with Gasteiger partial charge in [0, 0.05) is 0 Å². The zero-order valence-electron chi connectivity index (χ0n) is 3.29. The van der Waals surface area contributed by atoms with Crippen LogP contribution >= 0.6 is 12.2 Å². The Morgan fingerprint density at radius 3 is 1.43 bits per heavy atom. The lowest BCUT2D eigenvalue weighted by Crippen LogP contribution is -2.18. The van der Waals surface area contributed by atoms with Gasteiger partial charge in [0.1, 0.15) is 0 Å². The third-order valence-corrected chi connectivity index (χ3v) is 0. The Morgan fingerprint density at radius 2 is 1.43 bits per heavy atom. The van der Waals surface area contributed by atoms with E-state index < -0.39 is 11.6 Å². The Kier molecular flexibility index (Phi) is 12.6. The van der Waals surface area contributed by atoms with E-state index in [1.54, 1.807) is 0 Å². The van der Waals surface area contributed by atoms with Crippen molar-refractivity contribution in [2.45, 2.75) is 0 Å². The molecule has 0 saturated carbocycles. The summed E-state index contributed by atoms with van der Waals surface area (Å²) >= 11 is 3.34. The minimum Gasteiger partial charge on any atom is -0.377 e. The van der Waals surface area contributed by atoms with Crippen molar-refractivity contribution in [2.24, 2.45) is 11.5 Å². The molecule has 0 saturated heterocycles. The van der Waals surface area contributed by atoms with Crippen LogP contribution in [0.3, 0.4) is 0 Å². The van der Waals surface area contributed by atoms with Crippen LogP contribution in [-0.4, -0.2) is 13.5 Å². The minimum atomic E-state index is -0.750. The first kappa shape index (κ1) is 9.72. The van der Waals surface area contributed by atoms with Crippen molar-refractivity contribution in [3.05, 3.63) is 0 Å². The van der Waals surface area contributed by atoms with Gasteiger partial charge in [0.05, 0.1) is 0 Å². The molecule has 0 aromatic rings. The minimum absolute atomic E-state index is 0.000000000000000222. The lowest BCUT2D eigenvalue weighted by atomic mass is 11.3. The highest BCUT2D eigenvalue weighted by molar-refractivity contribution is 7.80. The maximum atomic E-state index is 8.29. The van der Waals surface area contributed by atoms with E-state index in [9.17, 15) is 0 Å². The van der Waals surface area contributed by atoms with Gasteiger partial charge in [0.25, 0.3) is 0 Å². The molecule has 0 aromatic carbocycles. The van der Waals surface area contributed by atoms with Gasteiger partial charge < -0.3 is 11.5 Å². The van der Waals surface area contributed by atoms with Gasteiger partial charge in [-0.3, -0.25) is 0 Å². The lowest BCUT2D eigenvalue weighted by Gasteiger charge is -1.68. The molecule has 0 aliphatic carbocycles. The molecule has 0 aliphatic heterocycles. The topological polar surface area (TPSA) is 86.2 Å². The molecule has 4 N–H and O–H groups in total. The zero-order valence-corrected chi connectivity index (χ0v) is 4.92. The monoisotopic (exact) mass is 140 g/mol. The summed E-state index contributed by atoms with van der Waals surface area (Å²) in [5.74, 6) is 0. The Bertz CT molecular complexity index is 81.7. The van der Waals surface area contributed by atoms with Crippen LogP contribution in [0.25, 0.3) is 0 Å². The number of hydrogen-bond acceptors (Lipinski definition) is 3. The molecule has 0 spiro atoms. The van der Waals surface area contributed by atoms with Crippen LogP contribution < -0.4 is 11.5 Å². The highest BCUT2D eigenvalue weighted by Crippen LogP contribution is 1.32. The lowest BCUT2D eigenvalue weighted by molar-refractivity contribution is 0.630. The van der Waals surface area contributed by atoms with Crippen molar-refractivity contribution in [1.82, 2.24) is 0 Å². The Labute approximate surface area is 49.5 Å². The van der Waals surface area contributed by atoms with Crippen LogP contribution in [0, 0.1) is 0 Å². The van der Waals surface area contributed by atoms with Gasteiger partial charge in [-0.1, -0.05) is 0 Å². The zero-order chi connectivity index (χ0) is 6.28. The first-order chi connectivity index (χ1) is 3.15. The molecule has 0 unspecified atom stereocenters. The van der Waals surface area contributed by atoms with Crippen molar-refractivity contribution in [3.8, 4) is 0 Å². The van der Waals surface area contributed by atoms with Crippen LogP contribution in [0.15, 0.2) is 0 Å². The molecular weight excluding hydrogens is 136 g/mol. The molecule has 0 fully saturated rings. The standard InChI is InChI=1S/CH4N2S.O2S/c2-1(3)4;1-3-2/h(H4,2,3,4);. The normalized spacial score (nSPS) is 5.14. The van der Waals surface area contributed by atoms with E-state index in [1.807, 2.05) is 0 Å². The summed E-state index contributed by atoms with van der Waals surface area (Å²) < 4.78 is 16.6. The van der Waals surface area contributed by atoms with E-state index in [2.05, 4.69) is 23.7 Å². The second-order valence-electron chi connectivity index (χ2n) is 0.470. The van der Waals surface area contributed by atoms with E-state index in [-0.39, 0.29) is 5.11 Å². The van der Waals surface area contributed by atoms with Crippen molar-refractivity contribution in [2.75, 3.05) is 0 Å². The molecule has 0 bridgehead atoms. The molecule has 4 nitrogen and oxygen atoms in total. The largest absolute Gasteiger partial charge is 0.377 e. The van der Waals surface area contributed by atoms with E-state index in [0.717, 1.165) is 0 Å². The van der Waals surface area contributed by atoms with E-state index >= 15 is 0 Å². The average Bonchev–Trinajstić information content (AvgIpc) is 1.33. The predicted octanol–water partition coefficient (Wildman–Crippen LogP) is -1.48. The van der Waals surface area contributed by atoms with Gasteiger partial charge in [-0.05, 0) is 12.2 Å². The number of nitrogens with two attached hydrogens (primary N) is 2. The molecule has 0 atom stereocenters. The molecular formula is CH4N2O2S2. The van der Waals surface area contributed by atoms with Crippen LogP contribution in [0.5, 0.6) is 0 Å². The number of rotatable bonds is 0. The van der Waals surface area contributed by atoms with Crippen LogP contribution in [0.1, 0.15) is 0 Å². The fraction of sp³-hybridized carbons (Fsp3) is 0. The van der Waals surface area contributed by atoms with Crippen molar-refractivity contribution in [1.29, 1.82) is 0 Å². The van der Waals surface area contributed by atoms with Crippen molar-refractivity contribution >= 4 is 28.9 Å². The van der Waals surface area contributed by atoms with Crippen molar-refractivity contribution < 1.29 is 8.42 Å². The molecule has 0 rings (SSSR count).